The summed E-state index contributed by atoms with van der Waals surface area (Å²) in [6, 6.07) is 15.1. The Morgan fingerprint density at radius 3 is 2.73 bits per heavy atom. The van der Waals surface area contributed by atoms with Gasteiger partial charge in [-0.1, -0.05) is 24.3 Å². The third-order valence-corrected chi connectivity index (χ3v) is 4.05. The van der Waals surface area contributed by atoms with E-state index < -0.39 is 0 Å². The summed E-state index contributed by atoms with van der Waals surface area (Å²) in [5, 5.41) is 5.11. The van der Waals surface area contributed by atoms with Crippen LogP contribution in [0.25, 0.3) is 16.7 Å². The fraction of sp³-hybridized carbons (Fsp3) is 0.100. The minimum atomic E-state index is -0.0682. The van der Waals surface area contributed by atoms with Crippen LogP contribution in [0.1, 0.15) is 22.8 Å². The fourth-order valence-corrected chi connectivity index (χ4v) is 2.80. The monoisotopic (exact) mass is 344 g/mol. The maximum atomic E-state index is 11.8. The first-order valence-corrected chi connectivity index (χ1v) is 8.17. The van der Waals surface area contributed by atoms with Gasteiger partial charge >= 0.3 is 0 Å². The molecule has 0 saturated carbocycles. The molecule has 0 aliphatic carbocycles. The van der Waals surface area contributed by atoms with Gasteiger partial charge in [0.2, 0.25) is 5.88 Å². The first-order valence-electron chi connectivity index (χ1n) is 8.17. The van der Waals surface area contributed by atoms with Gasteiger partial charge < -0.3 is 4.74 Å². The van der Waals surface area contributed by atoms with Gasteiger partial charge in [0, 0.05) is 0 Å². The van der Waals surface area contributed by atoms with Crippen molar-refractivity contribution in [3.05, 3.63) is 72.2 Å². The Morgan fingerprint density at radius 2 is 1.92 bits per heavy atom. The molecule has 0 fully saturated rings. The SMILES string of the molecule is CC(=O)c1ccccc1Oc1ncnc2c1cnn2-c1cccc(C)c1. The molecule has 0 aliphatic rings. The molecule has 6 heteroatoms. The molecular weight excluding hydrogens is 328 g/mol. The number of carbonyl (C=O) groups is 1. The molecule has 0 aliphatic heterocycles. The Balaban J connectivity index is 1.80. The molecular formula is C20H16N4O2. The van der Waals surface area contributed by atoms with E-state index in [-0.39, 0.29) is 5.78 Å². The minimum absolute atomic E-state index is 0.0682. The number of nitrogens with zero attached hydrogens (tertiary/aromatic N) is 4. The van der Waals surface area contributed by atoms with Gasteiger partial charge in [-0.3, -0.25) is 4.79 Å². The van der Waals surface area contributed by atoms with Gasteiger partial charge in [-0.2, -0.15) is 5.10 Å². The van der Waals surface area contributed by atoms with Crippen LogP contribution in [0, 0.1) is 6.92 Å². The molecule has 26 heavy (non-hydrogen) atoms. The number of hydrogen-bond donors (Lipinski definition) is 0. The third kappa shape index (κ3) is 2.82. The van der Waals surface area contributed by atoms with Gasteiger partial charge in [0.15, 0.2) is 11.4 Å². The van der Waals surface area contributed by atoms with E-state index in [0.717, 1.165) is 11.3 Å². The molecule has 0 radical (unpaired) electrons. The molecule has 0 spiro atoms. The van der Waals surface area contributed by atoms with E-state index in [2.05, 4.69) is 15.1 Å². The quantitative estimate of drug-likeness (QED) is 0.521. The molecule has 4 aromatic rings. The highest BCUT2D eigenvalue weighted by Gasteiger charge is 2.15. The molecule has 2 aromatic carbocycles. The second kappa shape index (κ2) is 6.40. The van der Waals surface area contributed by atoms with Gasteiger partial charge in [0.05, 0.1) is 17.4 Å². The standard InChI is InChI=1S/C20H16N4O2/c1-13-6-5-7-15(10-13)24-19-17(11-23-24)20(22-12-21-19)26-18-9-4-3-8-16(18)14(2)25/h3-12H,1-2H3. The fourth-order valence-electron chi connectivity index (χ4n) is 2.80. The van der Waals surface area contributed by atoms with Gasteiger partial charge in [0.1, 0.15) is 17.5 Å². The van der Waals surface area contributed by atoms with Crippen LogP contribution in [0.5, 0.6) is 11.6 Å². The van der Waals surface area contributed by atoms with E-state index >= 15 is 0 Å². The lowest BCUT2D eigenvalue weighted by Crippen LogP contribution is -2.00. The summed E-state index contributed by atoms with van der Waals surface area (Å²) in [5.41, 5.74) is 3.19. The summed E-state index contributed by atoms with van der Waals surface area (Å²) in [4.78, 5) is 20.4. The predicted molar refractivity (Wildman–Crippen MR) is 97.9 cm³/mol. The molecule has 0 bridgehead atoms. The number of Topliss-reactive ketones (excluding diaryl/α,β-unsaturated/α-hetero) is 1. The number of para-hydroxylation sites is 1. The van der Waals surface area contributed by atoms with Crippen molar-refractivity contribution in [2.45, 2.75) is 13.8 Å². The zero-order valence-corrected chi connectivity index (χ0v) is 14.4. The van der Waals surface area contributed by atoms with E-state index in [1.54, 1.807) is 29.1 Å². The number of hydrogen-bond acceptors (Lipinski definition) is 5. The van der Waals surface area contributed by atoms with Crippen molar-refractivity contribution in [1.29, 1.82) is 0 Å². The van der Waals surface area contributed by atoms with Crippen molar-refractivity contribution in [3.8, 4) is 17.3 Å². The summed E-state index contributed by atoms with van der Waals surface area (Å²) in [6.45, 7) is 3.53. The second-order valence-electron chi connectivity index (χ2n) is 5.97. The molecule has 0 atom stereocenters. The first kappa shape index (κ1) is 16.0. The largest absolute Gasteiger partial charge is 0.437 e. The average Bonchev–Trinajstić information content (AvgIpc) is 3.07. The van der Waals surface area contributed by atoms with Crippen molar-refractivity contribution in [3.63, 3.8) is 0 Å². The van der Waals surface area contributed by atoms with Crippen molar-refractivity contribution in [2.75, 3.05) is 0 Å². The minimum Gasteiger partial charge on any atom is -0.437 e. The Morgan fingerprint density at radius 1 is 1.08 bits per heavy atom. The Kier molecular flexibility index (Phi) is 3.93. The Labute approximate surface area is 150 Å². The van der Waals surface area contributed by atoms with Crippen LogP contribution in [-0.2, 0) is 0 Å². The Hall–Kier alpha value is -3.54. The number of aromatic nitrogens is 4. The first-order chi connectivity index (χ1) is 12.6. The highest BCUT2D eigenvalue weighted by Crippen LogP contribution is 2.29. The zero-order chi connectivity index (χ0) is 18.1. The maximum absolute atomic E-state index is 11.8. The van der Waals surface area contributed by atoms with Gasteiger partial charge in [-0.15, -0.1) is 0 Å². The van der Waals surface area contributed by atoms with Crippen molar-refractivity contribution >= 4 is 16.8 Å². The number of carbonyl (C=O) groups excluding carboxylic acids is 1. The third-order valence-electron chi connectivity index (χ3n) is 4.05. The van der Waals surface area contributed by atoms with Crippen molar-refractivity contribution in [2.24, 2.45) is 0 Å². The second-order valence-corrected chi connectivity index (χ2v) is 5.97. The lowest BCUT2D eigenvalue weighted by Gasteiger charge is -2.09. The molecule has 2 aromatic heterocycles. The zero-order valence-electron chi connectivity index (χ0n) is 14.4. The number of rotatable bonds is 4. The van der Waals surface area contributed by atoms with E-state index in [4.69, 9.17) is 4.74 Å². The van der Waals surface area contributed by atoms with Crippen LogP contribution < -0.4 is 4.74 Å². The average molecular weight is 344 g/mol. The van der Waals surface area contributed by atoms with Crippen LogP contribution in [-0.4, -0.2) is 25.5 Å². The predicted octanol–water partition coefficient (Wildman–Crippen LogP) is 4.12. The van der Waals surface area contributed by atoms with Crippen LogP contribution in [0.15, 0.2) is 61.1 Å². The van der Waals surface area contributed by atoms with Crippen LogP contribution >= 0.6 is 0 Å². The lowest BCUT2D eigenvalue weighted by molar-refractivity contribution is 0.101. The highest BCUT2D eigenvalue weighted by atomic mass is 16.5. The number of aryl methyl sites for hydroxylation is 1. The van der Waals surface area contributed by atoms with Crippen LogP contribution in [0.2, 0.25) is 0 Å². The number of ether oxygens (including phenoxy) is 1. The van der Waals surface area contributed by atoms with Crippen molar-refractivity contribution < 1.29 is 9.53 Å². The Bertz CT molecular complexity index is 1120. The topological polar surface area (TPSA) is 69.9 Å². The van der Waals surface area contributed by atoms with E-state index in [1.807, 2.05) is 37.3 Å². The van der Waals surface area contributed by atoms with Crippen LogP contribution in [0.4, 0.5) is 0 Å². The lowest BCUT2D eigenvalue weighted by atomic mass is 10.1. The molecule has 0 N–H and O–H groups in total. The molecule has 128 valence electrons. The van der Waals surface area contributed by atoms with E-state index in [0.29, 0.717) is 28.2 Å². The van der Waals surface area contributed by atoms with E-state index in [1.165, 1.54) is 13.3 Å². The number of benzene rings is 2. The van der Waals surface area contributed by atoms with Gasteiger partial charge in [-0.25, -0.2) is 14.6 Å². The number of ketones is 1. The van der Waals surface area contributed by atoms with Crippen molar-refractivity contribution in [1.82, 2.24) is 19.7 Å². The summed E-state index contributed by atoms with van der Waals surface area (Å²) in [5.74, 6) is 0.757. The summed E-state index contributed by atoms with van der Waals surface area (Å²) in [7, 11) is 0. The van der Waals surface area contributed by atoms with Gasteiger partial charge in [-0.05, 0) is 43.7 Å². The molecule has 0 saturated heterocycles. The van der Waals surface area contributed by atoms with Crippen LogP contribution in [0.3, 0.4) is 0 Å². The highest BCUT2D eigenvalue weighted by molar-refractivity contribution is 5.97. The van der Waals surface area contributed by atoms with E-state index in [9.17, 15) is 4.79 Å². The molecule has 0 amide bonds. The van der Waals surface area contributed by atoms with Gasteiger partial charge in [0.25, 0.3) is 0 Å². The summed E-state index contributed by atoms with van der Waals surface area (Å²) in [6.07, 6.45) is 3.10. The molecule has 2 heterocycles. The molecule has 6 nitrogen and oxygen atoms in total. The molecule has 0 unspecified atom stereocenters. The summed E-state index contributed by atoms with van der Waals surface area (Å²) < 4.78 is 7.68. The normalized spacial score (nSPS) is 10.8. The number of fused-ring (bicyclic) bond motifs is 1. The smallest absolute Gasteiger partial charge is 0.233 e. The maximum Gasteiger partial charge on any atom is 0.233 e. The molecule has 4 rings (SSSR count). The summed E-state index contributed by atoms with van der Waals surface area (Å²) >= 11 is 0.